The quantitative estimate of drug-likeness (QED) is 0.629. The molecule has 0 aliphatic carbocycles. The standard InChI is InChI=1S/C11H7Cl2FN2O.K.H/c12-7-9(15)8(13)11(14)16-10(7)5-1-3-6(17)4-2-5;;/h1-4,17H,(H2,15,16);;. The summed E-state index contributed by atoms with van der Waals surface area (Å²) in [6, 6.07) is 5.98. The Bertz CT molecular complexity index is 578. The summed E-state index contributed by atoms with van der Waals surface area (Å²) in [5.74, 6) is -0.788. The summed E-state index contributed by atoms with van der Waals surface area (Å²) in [5.41, 5.74) is 6.23. The predicted octanol–water partition coefficient (Wildman–Crippen LogP) is 2.83. The summed E-state index contributed by atoms with van der Waals surface area (Å²) >= 11 is 11.5. The first-order valence-corrected chi connectivity index (χ1v) is 5.35. The molecule has 18 heavy (non-hydrogen) atoms. The average molecular weight is 313 g/mol. The molecule has 1 aromatic carbocycles. The molecule has 0 aliphatic rings. The molecule has 0 fully saturated rings. The minimum absolute atomic E-state index is 0. The van der Waals surface area contributed by atoms with Gasteiger partial charge >= 0.3 is 51.4 Å². The Hall–Kier alpha value is 0.116. The zero-order chi connectivity index (χ0) is 12.6. The van der Waals surface area contributed by atoms with Gasteiger partial charge in [-0.2, -0.15) is 4.39 Å². The maximum absolute atomic E-state index is 13.4. The molecular formula is C11H8Cl2FKN2O. The van der Waals surface area contributed by atoms with Crippen LogP contribution < -0.4 is 5.73 Å². The second-order valence-corrected chi connectivity index (χ2v) is 4.10. The van der Waals surface area contributed by atoms with Crippen LogP contribution in [0.25, 0.3) is 11.3 Å². The first-order chi connectivity index (χ1) is 8.00. The molecule has 0 amide bonds. The fourth-order valence-corrected chi connectivity index (χ4v) is 1.77. The zero-order valence-electron chi connectivity index (χ0n) is 8.42. The number of pyridine rings is 1. The van der Waals surface area contributed by atoms with E-state index in [1.54, 1.807) is 12.1 Å². The number of anilines is 1. The van der Waals surface area contributed by atoms with E-state index in [2.05, 4.69) is 4.98 Å². The van der Waals surface area contributed by atoms with Crippen molar-refractivity contribution in [2.75, 3.05) is 5.73 Å². The van der Waals surface area contributed by atoms with Crippen LogP contribution in [0.5, 0.6) is 5.75 Å². The Morgan fingerprint density at radius 3 is 2.22 bits per heavy atom. The molecule has 0 radical (unpaired) electrons. The van der Waals surface area contributed by atoms with Crippen molar-refractivity contribution in [2.24, 2.45) is 0 Å². The van der Waals surface area contributed by atoms with E-state index in [1.165, 1.54) is 12.1 Å². The molecule has 2 rings (SSSR count). The van der Waals surface area contributed by atoms with Gasteiger partial charge in [-0.25, -0.2) is 4.98 Å². The number of benzene rings is 1. The third-order valence-corrected chi connectivity index (χ3v) is 2.95. The van der Waals surface area contributed by atoms with Gasteiger partial charge in [-0.05, 0) is 24.3 Å². The van der Waals surface area contributed by atoms with Crippen LogP contribution in [0.1, 0.15) is 0 Å². The predicted molar refractivity (Wildman–Crippen MR) is 72.9 cm³/mol. The monoisotopic (exact) mass is 312 g/mol. The number of nitrogens with zero attached hydrogens (tertiary/aromatic N) is 1. The molecule has 0 spiro atoms. The molecule has 0 saturated heterocycles. The normalized spacial score (nSPS) is 9.94. The number of hydrogen-bond donors (Lipinski definition) is 2. The molecular weight excluding hydrogens is 305 g/mol. The van der Waals surface area contributed by atoms with Gasteiger partial charge in [0.05, 0.1) is 16.4 Å². The van der Waals surface area contributed by atoms with E-state index in [1.807, 2.05) is 0 Å². The van der Waals surface area contributed by atoms with Gasteiger partial charge in [-0.1, -0.05) is 23.2 Å². The Kier molecular flexibility index (Phi) is 5.86. The second kappa shape index (κ2) is 6.52. The molecule has 3 nitrogen and oxygen atoms in total. The molecule has 0 bridgehead atoms. The number of phenolic OH excluding ortho intramolecular Hbond substituents is 1. The van der Waals surface area contributed by atoms with Crippen LogP contribution in [0.2, 0.25) is 10.0 Å². The molecule has 1 aromatic heterocycles. The molecule has 0 aliphatic heterocycles. The van der Waals surface area contributed by atoms with Gasteiger partial charge < -0.3 is 10.8 Å². The van der Waals surface area contributed by atoms with Crippen molar-refractivity contribution in [1.29, 1.82) is 0 Å². The molecule has 0 atom stereocenters. The first-order valence-electron chi connectivity index (χ1n) is 4.60. The third-order valence-electron chi connectivity index (χ3n) is 2.21. The van der Waals surface area contributed by atoms with Crippen molar-refractivity contribution in [3.8, 4) is 17.0 Å². The van der Waals surface area contributed by atoms with Crippen molar-refractivity contribution in [3.05, 3.63) is 40.3 Å². The van der Waals surface area contributed by atoms with E-state index in [9.17, 15) is 4.39 Å². The van der Waals surface area contributed by atoms with E-state index in [4.69, 9.17) is 34.0 Å². The second-order valence-electron chi connectivity index (χ2n) is 3.34. The van der Waals surface area contributed by atoms with Gasteiger partial charge in [0.15, 0.2) is 0 Å². The first kappa shape index (κ1) is 16.2. The van der Waals surface area contributed by atoms with Gasteiger partial charge in [-0.15, -0.1) is 0 Å². The van der Waals surface area contributed by atoms with Crippen LogP contribution in [0.4, 0.5) is 10.1 Å². The summed E-state index contributed by atoms with van der Waals surface area (Å²) in [7, 11) is 0. The fourth-order valence-electron chi connectivity index (χ4n) is 1.34. The molecule has 7 heteroatoms. The molecule has 90 valence electrons. The molecule has 0 unspecified atom stereocenters. The van der Waals surface area contributed by atoms with E-state index in [-0.39, 0.29) is 78.6 Å². The van der Waals surface area contributed by atoms with Gasteiger partial charge in [0.2, 0.25) is 5.95 Å². The zero-order valence-corrected chi connectivity index (χ0v) is 9.93. The number of hydrogen-bond acceptors (Lipinski definition) is 3. The SMILES string of the molecule is Nc1c(Cl)c(F)nc(-c2ccc(O)cc2)c1Cl.[KH]. The van der Waals surface area contributed by atoms with Crippen molar-refractivity contribution in [1.82, 2.24) is 4.98 Å². The van der Waals surface area contributed by atoms with E-state index in [0.717, 1.165) is 0 Å². The molecule has 2 aromatic rings. The van der Waals surface area contributed by atoms with Crippen molar-refractivity contribution in [3.63, 3.8) is 0 Å². The summed E-state index contributed by atoms with van der Waals surface area (Å²) in [6.07, 6.45) is 0. The van der Waals surface area contributed by atoms with Gasteiger partial charge in [0, 0.05) is 5.56 Å². The van der Waals surface area contributed by atoms with Gasteiger partial charge in [0.25, 0.3) is 0 Å². The maximum atomic E-state index is 13.4. The number of nitrogens with two attached hydrogens (primary N) is 1. The van der Waals surface area contributed by atoms with Crippen molar-refractivity contribution < 1.29 is 9.50 Å². The summed E-state index contributed by atoms with van der Waals surface area (Å²) in [4.78, 5) is 3.64. The van der Waals surface area contributed by atoms with Gasteiger partial charge in [-0.3, -0.25) is 0 Å². The Morgan fingerprint density at radius 1 is 1.11 bits per heavy atom. The number of halogens is 3. The minimum atomic E-state index is -0.878. The topological polar surface area (TPSA) is 59.1 Å². The van der Waals surface area contributed by atoms with E-state index in [0.29, 0.717) is 5.56 Å². The average Bonchev–Trinajstić information content (AvgIpc) is 2.32. The molecule has 1 heterocycles. The van der Waals surface area contributed by atoms with E-state index < -0.39 is 5.95 Å². The van der Waals surface area contributed by atoms with Crippen LogP contribution in [0.3, 0.4) is 0 Å². The van der Waals surface area contributed by atoms with Crippen molar-refractivity contribution in [2.45, 2.75) is 0 Å². The van der Waals surface area contributed by atoms with Crippen LogP contribution in [0.15, 0.2) is 24.3 Å². The number of rotatable bonds is 1. The Morgan fingerprint density at radius 2 is 1.67 bits per heavy atom. The van der Waals surface area contributed by atoms with Crippen LogP contribution in [-0.4, -0.2) is 61.5 Å². The van der Waals surface area contributed by atoms with Gasteiger partial charge in [0.1, 0.15) is 10.8 Å². The van der Waals surface area contributed by atoms with E-state index >= 15 is 0 Å². The number of aromatic hydroxyl groups is 1. The number of nitrogen functional groups attached to an aromatic ring is 1. The fraction of sp³-hybridized carbons (Fsp3) is 0. The van der Waals surface area contributed by atoms with Crippen LogP contribution in [0, 0.1) is 5.95 Å². The van der Waals surface area contributed by atoms with Crippen LogP contribution in [-0.2, 0) is 0 Å². The Balaban J connectivity index is 0.00000162. The summed E-state index contributed by atoms with van der Waals surface area (Å²) in [6.45, 7) is 0. The molecule has 3 N–H and O–H groups in total. The molecule has 0 saturated carbocycles. The summed E-state index contributed by atoms with van der Waals surface area (Å²) < 4.78 is 13.4. The van der Waals surface area contributed by atoms with Crippen molar-refractivity contribution >= 4 is 80.3 Å². The third kappa shape index (κ3) is 3.16. The van der Waals surface area contributed by atoms with Crippen LogP contribution >= 0.6 is 23.2 Å². The Labute approximate surface area is 156 Å². The number of phenols is 1. The summed E-state index contributed by atoms with van der Waals surface area (Å²) in [5, 5.41) is 8.94. The number of aromatic nitrogens is 1.